The quantitative estimate of drug-likeness (QED) is 0.585. The van der Waals surface area contributed by atoms with Gasteiger partial charge < -0.3 is 24.3 Å². The molecule has 0 amide bonds. The number of carbonyl (C=O) groups excluding carboxylic acids is 1. The highest BCUT2D eigenvalue weighted by molar-refractivity contribution is 5.93. The molecule has 0 saturated carbocycles. The molecular weight excluding hydrogens is 426 g/mol. The normalized spacial score (nSPS) is 24.5. The fourth-order valence-corrected chi connectivity index (χ4v) is 6.17. The number of nitrogens with zero attached hydrogens (tertiary/aromatic N) is 2. The van der Waals surface area contributed by atoms with Crippen LogP contribution in [-0.4, -0.2) is 63.8 Å². The van der Waals surface area contributed by atoms with Crippen LogP contribution in [0, 0.1) is 5.92 Å². The number of para-hydroxylation sites is 1. The Hall–Kier alpha value is -2.99. The molecule has 2 bridgehead atoms. The minimum absolute atomic E-state index is 0.227. The van der Waals surface area contributed by atoms with E-state index in [1.807, 2.05) is 31.1 Å². The summed E-state index contributed by atoms with van der Waals surface area (Å²) < 4.78 is 11.6. The van der Waals surface area contributed by atoms with Crippen LogP contribution < -0.4 is 9.64 Å². The number of H-pyrrole nitrogens is 1. The van der Waals surface area contributed by atoms with Crippen LogP contribution in [-0.2, 0) is 21.4 Å². The van der Waals surface area contributed by atoms with Gasteiger partial charge >= 0.3 is 5.97 Å². The molecule has 1 N–H and O–H groups in total. The molecule has 3 aromatic rings. The minimum atomic E-state index is -0.975. The lowest BCUT2D eigenvalue weighted by atomic mass is 9.68. The minimum Gasteiger partial charge on any atom is -0.496 e. The van der Waals surface area contributed by atoms with Gasteiger partial charge in [0.25, 0.3) is 0 Å². The first-order valence-electron chi connectivity index (χ1n) is 12.2. The summed E-state index contributed by atoms with van der Waals surface area (Å²) in [4.78, 5) is 22.3. The third-order valence-electron chi connectivity index (χ3n) is 7.81. The Morgan fingerprint density at radius 3 is 2.74 bits per heavy atom. The number of rotatable bonds is 4. The number of nitrogens with one attached hydrogen (secondary N) is 1. The second kappa shape index (κ2) is 8.99. The summed E-state index contributed by atoms with van der Waals surface area (Å²) in [6.07, 6.45) is 3.85. The van der Waals surface area contributed by atoms with Crippen LogP contribution >= 0.6 is 0 Å². The first-order valence-corrected chi connectivity index (χ1v) is 12.2. The van der Waals surface area contributed by atoms with E-state index in [9.17, 15) is 4.79 Å². The number of benzene rings is 2. The van der Waals surface area contributed by atoms with Gasteiger partial charge in [-0.1, -0.05) is 24.3 Å². The van der Waals surface area contributed by atoms with E-state index in [2.05, 4.69) is 40.2 Å². The summed E-state index contributed by atoms with van der Waals surface area (Å²) in [5.74, 6) is 0.881. The van der Waals surface area contributed by atoms with Crippen molar-refractivity contribution in [2.75, 3.05) is 52.8 Å². The van der Waals surface area contributed by atoms with E-state index in [4.69, 9.17) is 9.47 Å². The number of aromatic amines is 1. The summed E-state index contributed by atoms with van der Waals surface area (Å²) >= 11 is 0. The highest BCUT2D eigenvalue weighted by atomic mass is 16.5. The van der Waals surface area contributed by atoms with Crippen LogP contribution in [0.5, 0.6) is 5.75 Å². The average molecular weight is 462 g/mol. The molecule has 5 rings (SSSR count). The molecule has 2 aromatic carbocycles. The second-order valence-corrected chi connectivity index (χ2v) is 9.96. The molecule has 0 spiro atoms. The summed E-state index contributed by atoms with van der Waals surface area (Å²) in [6.45, 7) is 3.14. The molecule has 2 aliphatic heterocycles. The van der Waals surface area contributed by atoms with Crippen molar-refractivity contribution in [3.8, 4) is 5.75 Å². The molecule has 180 valence electrons. The van der Waals surface area contributed by atoms with Gasteiger partial charge in [-0.3, -0.25) is 4.79 Å². The number of carbonyl (C=O) groups is 1. The van der Waals surface area contributed by atoms with Gasteiger partial charge in [0.2, 0.25) is 0 Å². The number of hydrogen-bond acceptors (Lipinski definition) is 5. The number of methoxy groups -OCH3 is 2. The Kier molecular flexibility index (Phi) is 6.02. The molecule has 6 nitrogen and oxygen atoms in total. The Labute approximate surface area is 201 Å². The standard InChI is InChI=1S/C28H35N3O3/c1-30(2)20-11-12-23(25(16-20)33-3)28(27(32)34-4)17-19-8-7-14-31(18-19)15-13-22-21-9-5-6-10-24(21)29-26(22)28/h5-6,9-12,16,19,29H,7-8,13-15,17-18H2,1-4H3. The van der Waals surface area contributed by atoms with Crippen LogP contribution in [0.15, 0.2) is 42.5 Å². The van der Waals surface area contributed by atoms with E-state index in [0.29, 0.717) is 18.1 Å². The van der Waals surface area contributed by atoms with Gasteiger partial charge in [-0.05, 0) is 55.8 Å². The van der Waals surface area contributed by atoms with Crippen molar-refractivity contribution in [2.24, 2.45) is 5.92 Å². The lowest BCUT2D eigenvalue weighted by molar-refractivity contribution is -0.147. The summed E-state index contributed by atoms with van der Waals surface area (Å²) in [5, 5.41) is 1.19. The smallest absolute Gasteiger partial charge is 0.322 e. The van der Waals surface area contributed by atoms with Gasteiger partial charge in [0.15, 0.2) is 0 Å². The van der Waals surface area contributed by atoms with E-state index >= 15 is 0 Å². The third-order valence-corrected chi connectivity index (χ3v) is 7.81. The van der Waals surface area contributed by atoms with Gasteiger partial charge in [-0.15, -0.1) is 0 Å². The van der Waals surface area contributed by atoms with E-state index in [1.54, 1.807) is 7.11 Å². The monoisotopic (exact) mass is 461 g/mol. The first kappa shape index (κ1) is 22.8. The maximum absolute atomic E-state index is 14.0. The number of anilines is 1. The van der Waals surface area contributed by atoms with Gasteiger partial charge in [-0.25, -0.2) is 0 Å². The van der Waals surface area contributed by atoms with E-state index in [-0.39, 0.29) is 5.97 Å². The number of esters is 1. The van der Waals surface area contributed by atoms with Crippen molar-refractivity contribution in [1.82, 2.24) is 9.88 Å². The fourth-order valence-electron chi connectivity index (χ4n) is 6.17. The van der Waals surface area contributed by atoms with Crippen molar-refractivity contribution >= 4 is 22.6 Å². The molecule has 6 heteroatoms. The maximum atomic E-state index is 14.0. The van der Waals surface area contributed by atoms with Crippen molar-refractivity contribution in [1.29, 1.82) is 0 Å². The van der Waals surface area contributed by atoms with Crippen LogP contribution in [0.1, 0.15) is 36.1 Å². The highest BCUT2D eigenvalue weighted by Gasteiger charge is 2.50. The Morgan fingerprint density at radius 2 is 1.97 bits per heavy atom. The van der Waals surface area contributed by atoms with E-state index in [0.717, 1.165) is 61.4 Å². The van der Waals surface area contributed by atoms with Gasteiger partial charge in [-0.2, -0.15) is 0 Å². The Bertz CT molecular complexity index is 1200. The largest absolute Gasteiger partial charge is 0.496 e. The lowest BCUT2D eigenvalue weighted by Crippen LogP contribution is -2.44. The molecule has 3 atom stereocenters. The van der Waals surface area contributed by atoms with Crippen LogP contribution in [0.4, 0.5) is 5.69 Å². The fraction of sp³-hybridized carbons (Fsp3) is 0.464. The SMILES string of the molecule is COC(=O)C1(c2ccc(N(C)C)cc2OC)CC2CCCN(CCc3c1[nH]c1ccccc31)C2. The highest BCUT2D eigenvalue weighted by Crippen LogP contribution is 2.48. The zero-order chi connectivity index (χ0) is 23.9. The molecule has 3 unspecified atom stereocenters. The predicted octanol–water partition coefficient (Wildman–Crippen LogP) is 4.36. The second-order valence-electron chi connectivity index (χ2n) is 9.96. The van der Waals surface area contributed by atoms with Crippen LogP contribution in [0.3, 0.4) is 0 Å². The Morgan fingerprint density at radius 1 is 1.15 bits per heavy atom. The summed E-state index contributed by atoms with van der Waals surface area (Å²) in [5.41, 5.74) is 4.17. The zero-order valence-electron chi connectivity index (χ0n) is 20.7. The molecule has 34 heavy (non-hydrogen) atoms. The predicted molar refractivity (Wildman–Crippen MR) is 136 cm³/mol. The van der Waals surface area contributed by atoms with E-state index in [1.165, 1.54) is 18.1 Å². The van der Waals surface area contributed by atoms with Crippen LogP contribution in [0.25, 0.3) is 10.9 Å². The van der Waals surface area contributed by atoms with Gasteiger partial charge in [0.05, 0.1) is 14.2 Å². The van der Waals surface area contributed by atoms with Crippen LogP contribution in [0.2, 0.25) is 0 Å². The maximum Gasteiger partial charge on any atom is 0.322 e. The van der Waals surface area contributed by atoms with Crippen molar-refractivity contribution in [3.63, 3.8) is 0 Å². The molecule has 0 aliphatic carbocycles. The number of piperidine rings is 1. The molecule has 1 saturated heterocycles. The molecule has 1 aromatic heterocycles. The first-order chi connectivity index (χ1) is 16.5. The van der Waals surface area contributed by atoms with Crippen molar-refractivity contribution in [2.45, 2.75) is 31.1 Å². The molecular formula is C28H35N3O3. The molecule has 1 fully saturated rings. The summed E-state index contributed by atoms with van der Waals surface area (Å²) in [6, 6.07) is 14.6. The number of ether oxygens (including phenoxy) is 2. The average Bonchev–Trinajstić information content (AvgIpc) is 3.25. The number of fused-ring (bicyclic) bond motifs is 5. The zero-order valence-corrected chi connectivity index (χ0v) is 20.7. The molecule has 3 heterocycles. The van der Waals surface area contributed by atoms with E-state index < -0.39 is 5.41 Å². The molecule has 2 aliphatic rings. The number of hydrogen-bond donors (Lipinski definition) is 1. The lowest BCUT2D eigenvalue weighted by Gasteiger charge is -2.38. The van der Waals surface area contributed by atoms with Crippen molar-refractivity contribution < 1.29 is 14.3 Å². The third kappa shape index (κ3) is 3.65. The van der Waals surface area contributed by atoms with Gasteiger partial charge in [0.1, 0.15) is 11.2 Å². The van der Waals surface area contributed by atoms with Crippen molar-refractivity contribution in [3.05, 3.63) is 59.3 Å². The Balaban J connectivity index is 1.83. The number of aromatic nitrogens is 1. The topological polar surface area (TPSA) is 57.8 Å². The summed E-state index contributed by atoms with van der Waals surface area (Å²) in [7, 11) is 7.22. The van der Waals surface area contributed by atoms with Gasteiger partial charge in [0, 0.05) is 61.1 Å². The molecule has 0 radical (unpaired) electrons.